The van der Waals surface area contributed by atoms with Gasteiger partial charge in [-0.25, -0.2) is 8.78 Å². The number of carbonyl (C=O) groups excluding carboxylic acids is 1. The van der Waals surface area contributed by atoms with Crippen LogP contribution in [0.3, 0.4) is 0 Å². The molecule has 0 saturated carbocycles. The molecule has 0 aliphatic carbocycles. The summed E-state index contributed by atoms with van der Waals surface area (Å²) in [7, 11) is 0. The number of hydrogen-bond donors (Lipinski definition) is 1. The molecule has 7 heteroatoms. The van der Waals surface area contributed by atoms with Gasteiger partial charge in [-0.1, -0.05) is 18.2 Å². The Morgan fingerprint density at radius 3 is 2.37 bits per heavy atom. The van der Waals surface area contributed by atoms with Crippen molar-refractivity contribution in [2.24, 2.45) is 5.92 Å². The number of carbonyl (C=O) groups is 1. The summed E-state index contributed by atoms with van der Waals surface area (Å²) < 4.78 is 34.4. The van der Waals surface area contributed by atoms with E-state index in [2.05, 4.69) is 4.90 Å². The van der Waals surface area contributed by atoms with Crippen molar-refractivity contribution in [3.05, 3.63) is 53.8 Å². The number of nitrogens with zero attached hydrogens (tertiary/aromatic N) is 2. The number of aliphatic hydroxyl groups is 1. The Labute approximate surface area is 206 Å². The summed E-state index contributed by atoms with van der Waals surface area (Å²) in [5.74, 6) is 0.0571. The molecule has 2 aromatic rings. The van der Waals surface area contributed by atoms with Crippen molar-refractivity contribution in [1.82, 2.24) is 9.80 Å². The van der Waals surface area contributed by atoms with Crippen LogP contribution in [0.25, 0.3) is 11.1 Å². The van der Waals surface area contributed by atoms with Crippen LogP contribution in [0.2, 0.25) is 0 Å². The number of piperidine rings is 2. The van der Waals surface area contributed by atoms with Gasteiger partial charge < -0.3 is 19.6 Å². The van der Waals surface area contributed by atoms with Gasteiger partial charge in [-0.15, -0.1) is 0 Å². The van der Waals surface area contributed by atoms with Crippen LogP contribution in [0.4, 0.5) is 8.78 Å². The van der Waals surface area contributed by atoms with E-state index in [1.165, 1.54) is 6.07 Å². The molecule has 0 unspecified atom stereocenters. The van der Waals surface area contributed by atoms with Gasteiger partial charge in [0, 0.05) is 25.2 Å². The molecular weight excluding hydrogens is 450 g/mol. The number of halogens is 2. The summed E-state index contributed by atoms with van der Waals surface area (Å²) in [5.41, 5.74) is 0.892. The molecule has 0 radical (unpaired) electrons. The third kappa shape index (κ3) is 7.01. The highest BCUT2D eigenvalue weighted by Crippen LogP contribution is 2.28. The van der Waals surface area contributed by atoms with Crippen molar-refractivity contribution in [3.63, 3.8) is 0 Å². The summed E-state index contributed by atoms with van der Waals surface area (Å²) >= 11 is 0. The van der Waals surface area contributed by atoms with Crippen molar-refractivity contribution in [2.75, 3.05) is 39.3 Å². The van der Waals surface area contributed by atoms with Crippen LogP contribution in [0, 0.1) is 11.7 Å². The Morgan fingerprint density at radius 1 is 1.06 bits per heavy atom. The van der Waals surface area contributed by atoms with Crippen LogP contribution in [-0.4, -0.2) is 71.9 Å². The fourth-order valence-electron chi connectivity index (χ4n) is 4.98. The first-order valence-corrected chi connectivity index (χ1v) is 12.6. The van der Waals surface area contributed by atoms with Gasteiger partial charge >= 0.3 is 0 Å². The first-order chi connectivity index (χ1) is 16.7. The quantitative estimate of drug-likeness (QED) is 0.603. The van der Waals surface area contributed by atoms with Crippen molar-refractivity contribution in [1.29, 1.82) is 0 Å². The Bertz CT molecular complexity index is 998. The van der Waals surface area contributed by atoms with Crippen LogP contribution >= 0.6 is 0 Å². The highest BCUT2D eigenvalue weighted by Gasteiger charge is 2.26. The van der Waals surface area contributed by atoms with Crippen LogP contribution in [0.5, 0.6) is 5.75 Å². The molecule has 0 bridgehead atoms. The molecule has 0 aromatic heterocycles. The number of rotatable bonds is 7. The Kier molecular flexibility index (Phi) is 8.07. The van der Waals surface area contributed by atoms with Crippen LogP contribution in [0.1, 0.15) is 49.9 Å². The average Bonchev–Trinajstić information content (AvgIpc) is 2.83. The van der Waals surface area contributed by atoms with E-state index in [1.54, 1.807) is 36.9 Å². The predicted molar refractivity (Wildman–Crippen MR) is 133 cm³/mol. The molecule has 1 amide bonds. The normalized spacial score (nSPS) is 20.1. The molecule has 4 rings (SSSR count). The van der Waals surface area contributed by atoms with Crippen molar-refractivity contribution >= 4 is 5.91 Å². The second-order valence-electron chi connectivity index (χ2n) is 10.5. The molecule has 1 N–H and O–H groups in total. The fourth-order valence-corrected chi connectivity index (χ4v) is 4.98. The number of aliphatic hydroxyl groups excluding tert-OH is 1. The maximum absolute atomic E-state index is 14.8. The number of hydrogen-bond acceptors (Lipinski definition) is 4. The van der Waals surface area contributed by atoms with E-state index in [0.717, 1.165) is 44.3 Å². The minimum Gasteiger partial charge on any atom is -0.490 e. The summed E-state index contributed by atoms with van der Waals surface area (Å²) in [6, 6.07) is 12.1. The smallest absolute Gasteiger partial charge is 0.253 e. The zero-order chi connectivity index (χ0) is 25.0. The Hall–Kier alpha value is -2.51. The Morgan fingerprint density at radius 2 is 1.74 bits per heavy atom. The van der Waals surface area contributed by atoms with E-state index in [4.69, 9.17) is 4.74 Å². The number of benzene rings is 2. The molecule has 35 heavy (non-hydrogen) atoms. The van der Waals surface area contributed by atoms with E-state index < -0.39 is 17.6 Å². The summed E-state index contributed by atoms with van der Waals surface area (Å²) in [5, 5.41) is 9.82. The molecule has 2 aromatic carbocycles. The van der Waals surface area contributed by atoms with Gasteiger partial charge in [-0.2, -0.15) is 0 Å². The van der Waals surface area contributed by atoms with E-state index >= 15 is 0 Å². The SMILES string of the molecule is CC(C)(F)CN1CCC(COc2ccc(-c3ccc(C(=O)N4CCC[C@@H](O)C4)cc3)cc2F)CC1. The summed E-state index contributed by atoms with van der Waals surface area (Å²) in [4.78, 5) is 16.5. The van der Waals surface area contributed by atoms with Crippen molar-refractivity contribution < 1.29 is 23.4 Å². The fraction of sp³-hybridized carbons (Fsp3) is 0.536. The largest absolute Gasteiger partial charge is 0.490 e. The monoisotopic (exact) mass is 486 g/mol. The van der Waals surface area contributed by atoms with E-state index in [-0.39, 0.29) is 11.7 Å². The molecule has 2 aliphatic rings. The second kappa shape index (κ2) is 11.0. The van der Waals surface area contributed by atoms with E-state index in [1.807, 2.05) is 18.2 Å². The number of alkyl halides is 1. The standard InChI is InChI=1S/C28H36F2N2O3/c1-28(2,30)19-31-14-11-20(12-15-31)18-35-26-10-9-23(16-25(26)29)21-5-7-22(8-6-21)27(34)32-13-3-4-24(33)17-32/h5-10,16,20,24,33H,3-4,11-15,17-19H2,1-2H3/t24-/m1/s1. The maximum atomic E-state index is 14.8. The predicted octanol–water partition coefficient (Wildman–Crippen LogP) is 4.93. The number of ether oxygens (including phenoxy) is 1. The number of β-amino-alcohol motifs (C(OH)–C–C–N with tert-alkyl or cyclic N) is 1. The molecule has 2 aliphatic heterocycles. The molecule has 2 heterocycles. The third-order valence-corrected chi connectivity index (χ3v) is 6.86. The maximum Gasteiger partial charge on any atom is 0.253 e. The van der Waals surface area contributed by atoms with Gasteiger partial charge in [0.1, 0.15) is 5.67 Å². The highest BCUT2D eigenvalue weighted by molar-refractivity contribution is 5.94. The van der Waals surface area contributed by atoms with Gasteiger partial charge in [0.05, 0.1) is 12.7 Å². The lowest BCUT2D eigenvalue weighted by atomic mass is 9.97. The van der Waals surface area contributed by atoms with E-state index in [0.29, 0.717) is 43.3 Å². The van der Waals surface area contributed by atoms with E-state index in [9.17, 15) is 18.7 Å². The van der Waals surface area contributed by atoms with Gasteiger partial charge in [0.25, 0.3) is 5.91 Å². The number of likely N-dealkylation sites (tertiary alicyclic amines) is 2. The lowest BCUT2D eigenvalue weighted by Gasteiger charge is -2.34. The summed E-state index contributed by atoms with van der Waals surface area (Å²) in [6.45, 7) is 6.77. The number of amides is 1. The molecule has 1 atom stereocenters. The van der Waals surface area contributed by atoms with Gasteiger partial charge in [0.15, 0.2) is 11.6 Å². The molecule has 190 valence electrons. The molecule has 2 fully saturated rings. The van der Waals surface area contributed by atoms with Crippen LogP contribution < -0.4 is 4.74 Å². The second-order valence-corrected chi connectivity index (χ2v) is 10.5. The topological polar surface area (TPSA) is 53.0 Å². The average molecular weight is 487 g/mol. The lowest BCUT2D eigenvalue weighted by molar-refractivity contribution is 0.0474. The highest BCUT2D eigenvalue weighted by atomic mass is 19.1. The lowest BCUT2D eigenvalue weighted by Crippen LogP contribution is -2.42. The summed E-state index contributed by atoms with van der Waals surface area (Å²) in [6.07, 6.45) is 2.90. The van der Waals surface area contributed by atoms with Gasteiger partial charge in [-0.05, 0) is 93.9 Å². The van der Waals surface area contributed by atoms with Crippen molar-refractivity contribution in [3.8, 4) is 16.9 Å². The molecular formula is C28H36F2N2O3. The van der Waals surface area contributed by atoms with Crippen LogP contribution in [-0.2, 0) is 0 Å². The Balaban J connectivity index is 1.31. The van der Waals surface area contributed by atoms with Gasteiger partial charge in [-0.3, -0.25) is 4.79 Å². The zero-order valence-electron chi connectivity index (χ0n) is 20.7. The minimum atomic E-state index is -1.19. The first-order valence-electron chi connectivity index (χ1n) is 12.6. The first kappa shape index (κ1) is 25.6. The molecule has 0 spiro atoms. The molecule has 5 nitrogen and oxygen atoms in total. The van der Waals surface area contributed by atoms with Gasteiger partial charge in [0.2, 0.25) is 0 Å². The van der Waals surface area contributed by atoms with Crippen LogP contribution in [0.15, 0.2) is 42.5 Å². The molecule has 2 saturated heterocycles. The zero-order valence-corrected chi connectivity index (χ0v) is 20.7. The van der Waals surface area contributed by atoms with Crippen molar-refractivity contribution in [2.45, 2.75) is 51.3 Å². The minimum absolute atomic E-state index is 0.0931. The third-order valence-electron chi connectivity index (χ3n) is 6.86.